The Hall–Kier alpha value is -1.98. The van der Waals surface area contributed by atoms with Crippen molar-refractivity contribution in [3.05, 3.63) is 30.0 Å². The van der Waals surface area contributed by atoms with Gasteiger partial charge in [0.15, 0.2) is 0 Å². The van der Waals surface area contributed by atoms with Crippen LogP contribution < -0.4 is 0 Å². The fourth-order valence-electron chi connectivity index (χ4n) is 6.00. The summed E-state index contributed by atoms with van der Waals surface area (Å²) in [5.74, 6) is 0.526. The highest BCUT2D eigenvalue weighted by Gasteiger charge is 2.32. The van der Waals surface area contributed by atoms with Crippen LogP contribution in [0.4, 0.5) is 0 Å². The van der Waals surface area contributed by atoms with E-state index in [4.69, 9.17) is 0 Å². The molecule has 4 rings (SSSR count). The van der Waals surface area contributed by atoms with Gasteiger partial charge in [0.05, 0.1) is 17.5 Å². The van der Waals surface area contributed by atoms with E-state index in [-0.39, 0.29) is 17.3 Å². The van der Waals surface area contributed by atoms with Crippen LogP contribution in [-0.2, 0) is 16.6 Å². The maximum Gasteiger partial charge on any atom is 0.270 e. The molecule has 2 aliphatic heterocycles. The first-order valence-corrected chi connectivity index (χ1v) is 15.5. The molecule has 1 aromatic heterocycles. The van der Waals surface area contributed by atoms with Crippen LogP contribution in [0.5, 0.6) is 0 Å². The van der Waals surface area contributed by atoms with Crippen molar-refractivity contribution in [2.45, 2.75) is 51.7 Å². The number of hydrogen-bond acceptors (Lipinski definition) is 6. The number of β-amino-alcohol motifs (C(OH)–C–C–N with tert-alkyl or cyclic N) is 1. The molecule has 38 heavy (non-hydrogen) atoms. The molecule has 0 bridgehead atoms. The fraction of sp³-hybridized carbons (Fsp3) is 0.679. The molecule has 1 amide bonds. The van der Waals surface area contributed by atoms with Gasteiger partial charge in [-0.2, -0.15) is 4.31 Å². The highest BCUT2D eigenvalue weighted by Crippen LogP contribution is 2.30. The molecule has 0 radical (unpaired) electrons. The van der Waals surface area contributed by atoms with E-state index >= 15 is 0 Å². The molecule has 2 saturated heterocycles. The van der Waals surface area contributed by atoms with Gasteiger partial charge in [-0.25, -0.2) is 8.42 Å². The van der Waals surface area contributed by atoms with Gasteiger partial charge in [-0.3, -0.25) is 9.69 Å². The van der Waals surface area contributed by atoms with Gasteiger partial charge < -0.3 is 19.5 Å². The number of nitrogens with zero attached hydrogens (tertiary/aromatic N) is 5. The van der Waals surface area contributed by atoms with E-state index in [1.54, 1.807) is 33.5 Å². The van der Waals surface area contributed by atoms with Crippen LogP contribution >= 0.6 is 0 Å². The number of aliphatic hydroxyl groups excluding tert-OH is 1. The summed E-state index contributed by atoms with van der Waals surface area (Å²) in [4.78, 5) is 20.0. The molecule has 0 spiro atoms. The first kappa shape index (κ1) is 29.0. The molecule has 3 atom stereocenters. The molecule has 1 aromatic carbocycles. The van der Waals surface area contributed by atoms with Crippen LogP contribution in [0, 0.1) is 11.8 Å². The Balaban J connectivity index is 1.66. The SMILES string of the molecule is CCN(CC)C(=O)c1cc2cc(S(=O)(=O)N3CC(C)CC(C)C3)ccc2n1CC(O)CN1CCN(C)CC1. The number of fused-ring (bicyclic) bond motifs is 1. The number of likely N-dealkylation sites (N-methyl/N-ethyl adjacent to an activating group) is 1. The number of carbonyl (C=O) groups is 1. The second-order valence-electron chi connectivity index (χ2n) is 11.4. The quantitative estimate of drug-likeness (QED) is 0.519. The Bertz CT molecular complexity index is 1210. The van der Waals surface area contributed by atoms with E-state index in [9.17, 15) is 18.3 Å². The van der Waals surface area contributed by atoms with E-state index in [1.807, 2.05) is 18.4 Å². The minimum atomic E-state index is -3.65. The molecule has 212 valence electrons. The van der Waals surface area contributed by atoms with Crippen molar-refractivity contribution in [2.24, 2.45) is 11.8 Å². The van der Waals surface area contributed by atoms with E-state index in [1.165, 1.54) is 0 Å². The number of aromatic nitrogens is 1. The predicted molar refractivity (Wildman–Crippen MR) is 151 cm³/mol. The second-order valence-corrected chi connectivity index (χ2v) is 13.3. The number of piperazine rings is 1. The van der Waals surface area contributed by atoms with Crippen LogP contribution in [0.25, 0.3) is 10.9 Å². The second kappa shape index (κ2) is 12.0. The summed E-state index contributed by atoms with van der Waals surface area (Å²) in [5, 5.41) is 11.8. The summed E-state index contributed by atoms with van der Waals surface area (Å²) in [7, 11) is -1.54. The lowest BCUT2D eigenvalue weighted by Gasteiger charge is -2.34. The summed E-state index contributed by atoms with van der Waals surface area (Å²) in [6, 6.07) is 6.92. The maximum atomic E-state index is 13.6. The number of hydrogen-bond donors (Lipinski definition) is 1. The van der Waals surface area contributed by atoms with Crippen LogP contribution in [0.15, 0.2) is 29.2 Å². The number of piperidine rings is 1. The van der Waals surface area contributed by atoms with Gasteiger partial charge in [-0.15, -0.1) is 0 Å². The molecule has 2 aromatic rings. The molecule has 9 nitrogen and oxygen atoms in total. The highest BCUT2D eigenvalue weighted by atomic mass is 32.2. The third-order valence-corrected chi connectivity index (χ3v) is 9.90. The summed E-state index contributed by atoms with van der Waals surface area (Å²) in [6.07, 6.45) is 0.373. The standard InChI is InChI=1S/C28H45N5O4S/c1-6-31(7-2)28(35)27-16-23-15-25(38(36,37)32-17-21(3)14-22(4)18-32)8-9-26(23)33(27)20-24(34)19-30-12-10-29(5)11-13-30/h8-9,15-16,21-22,24,34H,6-7,10-14,17-20H2,1-5H3. The third-order valence-electron chi connectivity index (χ3n) is 8.07. The molecule has 2 aliphatic rings. The number of amides is 1. The first-order valence-electron chi connectivity index (χ1n) is 14.0. The number of carbonyl (C=O) groups excluding carboxylic acids is 1. The van der Waals surface area contributed by atoms with Crippen LogP contribution in [0.3, 0.4) is 0 Å². The van der Waals surface area contributed by atoms with Gasteiger partial charge in [-0.1, -0.05) is 13.8 Å². The van der Waals surface area contributed by atoms with E-state index < -0.39 is 16.1 Å². The van der Waals surface area contributed by atoms with Crippen molar-refractivity contribution in [2.75, 3.05) is 66.0 Å². The molecule has 10 heteroatoms. The zero-order valence-electron chi connectivity index (χ0n) is 23.6. The molecule has 0 saturated carbocycles. The summed E-state index contributed by atoms with van der Waals surface area (Å²) in [5.41, 5.74) is 1.24. The van der Waals surface area contributed by atoms with Gasteiger partial charge in [-0.05, 0) is 63.4 Å². The molecular weight excluding hydrogens is 502 g/mol. The minimum Gasteiger partial charge on any atom is -0.390 e. The average molecular weight is 548 g/mol. The van der Waals surface area contributed by atoms with Crippen molar-refractivity contribution in [3.63, 3.8) is 0 Å². The topological polar surface area (TPSA) is 89.3 Å². The molecule has 3 unspecified atom stereocenters. The third kappa shape index (κ3) is 6.25. The number of rotatable bonds is 9. The van der Waals surface area contributed by atoms with E-state index in [2.05, 4.69) is 30.7 Å². The predicted octanol–water partition coefficient (Wildman–Crippen LogP) is 2.40. The summed E-state index contributed by atoms with van der Waals surface area (Å²) in [6.45, 7) is 14.8. The monoisotopic (exact) mass is 547 g/mol. The minimum absolute atomic E-state index is 0.110. The Morgan fingerprint density at radius 3 is 2.26 bits per heavy atom. The Morgan fingerprint density at radius 1 is 1.03 bits per heavy atom. The van der Waals surface area contributed by atoms with Crippen molar-refractivity contribution < 1.29 is 18.3 Å². The molecular formula is C28H45N5O4S. The molecule has 3 heterocycles. The largest absolute Gasteiger partial charge is 0.390 e. The van der Waals surface area contributed by atoms with Gasteiger partial charge in [0.1, 0.15) is 5.69 Å². The number of benzene rings is 1. The maximum absolute atomic E-state index is 13.6. The van der Waals surface area contributed by atoms with Gasteiger partial charge in [0, 0.05) is 69.8 Å². The van der Waals surface area contributed by atoms with Gasteiger partial charge in [0.2, 0.25) is 10.0 Å². The first-order chi connectivity index (χ1) is 18.0. The Kier molecular flexibility index (Phi) is 9.19. The van der Waals surface area contributed by atoms with Crippen LogP contribution in [0.1, 0.15) is 44.6 Å². The lowest BCUT2D eigenvalue weighted by molar-refractivity contribution is 0.0681. The highest BCUT2D eigenvalue weighted by molar-refractivity contribution is 7.89. The van der Waals surface area contributed by atoms with Crippen molar-refractivity contribution in [1.29, 1.82) is 0 Å². The van der Waals surface area contributed by atoms with E-state index in [0.717, 1.165) is 38.1 Å². The fourth-order valence-corrected chi connectivity index (χ4v) is 7.72. The lowest BCUT2D eigenvalue weighted by Crippen LogP contribution is -2.47. The molecule has 2 fully saturated rings. The van der Waals surface area contributed by atoms with Crippen LogP contribution in [0.2, 0.25) is 0 Å². The lowest BCUT2D eigenvalue weighted by atomic mass is 9.94. The van der Waals surface area contributed by atoms with Gasteiger partial charge >= 0.3 is 0 Å². The smallest absolute Gasteiger partial charge is 0.270 e. The average Bonchev–Trinajstić information content (AvgIpc) is 3.23. The molecule has 0 aliphatic carbocycles. The van der Waals surface area contributed by atoms with Crippen LogP contribution in [-0.4, -0.2) is 115 Å². The van der Waals surface area contributed by atoms with Crippen molar-refractivity contribution >= 4 is 26.8 Å². The molecule has 1 N–H and O–H groups in total. The van der Waals surface area contributed by atoms with E-state index in [0.29, 0.717) is 55.6 Å². The normalized spacial score (nSPS) is 23.1. The van der Waals surface area contributed by atoms with Gasteiger partial charge in [0.25, 0.3) is 5.91 Å². The summed E-state index contributed by atoms with van der Waals surface area (Å²) >= 11 is 0. The Labute approximate surface area is 228 Å². The zero-order chi connectivity index (χ0) is 27.6. The Morgan fingerprint density at radius 2 is 1.66 bits per heavy atom. The number of aliphatic hydroxyl groups is 1. The summed E-state index contributed by atoms with van der Waals surface area (Å²) < 4.78 is 30.6. The van der Waals surface area contributed by atoms with Crippen molar-refractivity contribution in [1.82, 2.24) is 23.6 Å². The van der Waals surface area contributed by atoms with Crippen molar-refractivity contribution in [3.8, 4) is 0 Å². The number of sulfonamides is 1. The zero-order valence-corrected chi connectivity index (χ0v) is 24.5.